The van der Waals surface area contributed by atoms with Crippen molar-refractivity contribution in [2.75, 3.05) is 26.7 Å². The van der Waals surface area contributed by atoms with E-state index in [1.54, 1.807) is 0 Å². The van der Waals surface area contributed by atoms with E-state index < -0.39 is 0 Å². The number of amides is 1. The molecule has 0 bridgehead atoms. The molecule has 3 N–H and O–H groups in total. The largest absolute Gasteiger partial charge is 0.370 e. The van der Waals surface area contributed by atoms with Gasteiger partial charge in [0.25, 0.3) is 0 Å². The molecule has 0 radical (unpaired) electrons. The smallest absolute Gasteiger partial charge is 0.217 e. The maximum atomic E-state index is 11.2. The van der Waals surface area contributed by atoms with Crippen molar-refractivity contribution in [3.8, 4) is 0 Å². The summed E-state index contributed by atoms with van der Waals surface area (Å²) < 4.78 is 1.13. The lowest BCUT2D eigenvalue weighted by Crippen LogP contribution is -2.48. The quantitative estimate of drug-likeness (QED) is 0.346. The molecular weight excluding hydrogens is 507 g/mol. The third kappa shape index (κ3) is 5.34. The minimum Gasteiger partial charge on any atom is -0.370 e. The molecule has 1 amide bonds. The van der Waals surface area contributed by atoms with Gasteiger partial charge in [0.15, 0.2) is 5.96 Å². The molecule has 1 aromatic rings. The lowest BCUT2D eigenvalue weighted by atomic mass is 9.94. The summed E-state index contributed by atoms with van der Waals surface area (Å²) in [5, 5.41) is 3.58. The standard InChI is InChI=1S/C19H27BrN4O.HI/c1-22-18(24-9-3-4-14(12-24)10-17(21)25)23-13-19(7-8-19)15-5-2-6-16(20)11-15;/h2,5-6,11,14H,3-4,7-10,12-13H2,1H3,(H2,21,25)(H,22,23);1H. The maximum Gasteiger partial charge on any atom is 0.217 e. The number of piperidine rings is 1. The Balaban J connectivity index is 0.00000243. The average molecular weight is 535 g/mol. The first kappa shape index (κ1) is 21.5. The first-order valence-corrected chi connectivity index (χ1v) is 9.82. The molecular formula is C19H28BrIN4O. The number of hydrogen-bond donors (Lipinski definition) is 2. The zero-order valence-corrected chi connectivity index (χ0v) is 19.1. The Labute approximate surface area is 181 Å². The molecule has 1 unspecified atom stereocenters. The number of carbonyl (C=O) groups is 1. The third-order valence-corrected chi connectivity index (χ3v) is 5.89. The number of aliphatic imine (C=N–C) groups is 1. The summed E-state index contributed by atoms with van der Waals surface area (Å²) in [4.78, 5) is 18.0. The molecule has 1 aromatic carbocycles. The molecule has 0 aromatic heterocycles. The molecule has 7 heteroatoms. The van der Waals surface area contributed by atoms with Crippen LogP contribution < -0.4 is 11.1 Å². The number of benzene rings is 1. The van der Waals surface area contributed by atoms with Crippen LogP contribution in [0.5, 0.6) is 0 Å². The first-order valence-electron chi connectivity index (χ1n) is 9.02. The van der Waals surface area contributed by atoms with Gasteiger partial charge >= 0.3 is 0 Å². The SMILES string of the molecule is CN=C(NCC1(c2cccc(Br)c2)CC1)N1CCCC(CC(N)=O)C1.I. The molecule has 1 atom stereocenters. The molecule has 5 nitrogen and oxygen atoms in total. The molecule has 3 rings (SSSR count). The van der Waals surface area contributed by atoms with Crippen LogP contribution in [0.2, 0.25) is 0 Å². The lowest BCUT2D eigenvalue weighted by Gasteiger charge is -2.35. The van der Waals surface area contributed by atoms with Crippen molar-refractivity contribution in [3.63, 3.8) is 0 Å². The molecule has 0 spiro atoms. The highest BCUT2D eigenvalue weighted by Crippen LogP contribution is 2.48. The van der Waals surface area contributed by atoms with Crippen LogP contribution in [0.4, 0.5) is 0 Å². The van der Waals surface area contributed by atoms with Gasteiger partial charge in [0.1, 0.15) is 0 Å². The molecule has 1 aliphatic carbocycles. The van der Waals surface area contributed by atoms with Crippen molar-refractivity contribution in [3.05, 3.63) is 34.3 Å². The van der Waals surface area contributed by atoms with Crippen molar-refractivity contribution in [2.24, 2.45) is 16.6 Å². The summed E-state index contributed by atoms with van der Waals surface area (Å²) in [5.41, 5.74) is 6.98. The fourth-order valence-corrected chi connectivity index (χ4v) is 4.23. The second-order valence-corrected chi connectivity index (χ2v) is 8.23. The van der Waals surface area contributed by atoms with Crippen LogP contribution >= 0.6 is 39.9 Å². The van der Waals surface area contributed by atoms with E-state index in [0.29, 0.717) is 12.3 Å². The Morgan fingerprint density at radius 2 is 2.23 bits per heavy atom. The van der Waals surface area contributed by atoms with Gasteiger partial charge in [-0.05, 0) is 49.3 Å². The number of hydrogen-bond acceptors (Lipinski definition) is 2. The van der Waals surface area contributed by atoms with E-state index >= 15 is 0 Å². The highest BCUT2D eigenvalue weighted by atomic mass is 127. The Morgan fingerprint density at radius 3 is 2.85 bits per heavy atom. The number of likely N-dealkylation sites (tertiary alicyclic amines) is 1. The van der Waals surface area contributed by atoms with Gasteiger partial charge < -0.3 is 16.0 Å². The normalized spacial score (nSPS) is 21.7. The van der Waals surface area contributed by atoms with E-state index in [-0.39, 0.29) is 35.3 Å². The zero-order chi connectivity index (χ0) is 17.9. The van der Waals surface area contributed by atoms with Crippen molar-refractivity contribution in [1.29, 1.82) is 0 Å². The lowest BCUT2D eigenvalue weighted by molar-refractivity contribution is -0.119. The zero-order valence-electron chi connectivity index (χ0n) is 15.2. The van der Waals surface area contributed by atoms with Gasteiger partial charge in [0.05, 0.1) is 0 Å². The number of halogens is 2. The van der Waals surface area contributed by atoms with Gasteiger partial charge in [0.2, 0.25) is 5.91 Å². The summed E-state index contributed by atoms with van der Waals surface area (Å²) in [6, 6.07) is 8.61. The van der Waals surface area contributed by atoms with Crippen molar-refractivity contribution < 1.29 is 4.79 Å². The fourth-order valence-electron chi connectivity index (χ4n) is 3.83. The number of primary amides is 1. The highest BCUT2D eigenvalue weighted by molar-refractivity contribution is 14.0. The number of guanidine groups is 1. The molecule has 1 saturated heterocycles. The van der Waals surface area contributed by atoms with E-state index in [0.717, 1.165) is 42.9 Å². The van der Waals surface area contributed by atoms with Gasteiger partial charge in [-0.1, -0.05) is 28.1 Å². The molecule has 1 aliphatic heterocycles. The van der Waals surface area contributed by atoms with Crippen LogP contribution in [0.15, 0.2) is 33.7 Å². The second-order valence-electron chi connectivity index (χ2n) is 7.32. The minimum atomic E-state index is -0.207. The van der Waals surface area contributed by atoms with Gasteiger partial charge in [-0.2, -0.15) is 0 Å². The number of nitrogens with two attached hydrogens (primary N) is 1. The fraction of sp³-hybridized carbons (Fsp3) is 0.579. The topological polar surface area (TPSA) is 70.7 Å². The van der Waals surface area contributed by atoms with Crippen molar-refractivity contribution in [2.45, 2.75) is 37.5 Å². The Bertz CT molecular complexity index is 663. The van der Waals surface area contributed by atoms with Crippen LogP contribution in [-0.2, 0) is 10.2 Å². The van der Waals surface area contributed by atoms with Crippen LogP contribution in [-0.4, -0.2) is 43.4 Å². The predicted octanol–water partition coefficient (Wildman–Crippen LogP) is 3.26. The maximum absolute atomic E-state index is 11.2. The molecule has 26 heavy (non-hydrogen) atoms. The average Bonchev–Trinajstić information content (AvgIpc) is 3.36. The summed E-state index contributed by atoms with van der Waals surface area (Å²) in [7, 11) is 1.83. The molecule has 2 aliphatic rings. The van der Waals surface area contributed by atoms with Crippen molar-refractivity contribution in [1.82, 2.24) is 10.2 Å². The van der Waals surface area contributed by atoms with Crippen LogP contribution in [0.1, 0.15) is 37.7 Å². The van der Waals surface area contributed by atoms with Crippen LogP contribution in [0.3, 0.4) is 0 Å². The molecule has 144 valence electrons. The van der Waals surface area contributed by atoms with E-state index in [4.69, 9.17) is 5.73 Å². The molecule has 1 heterocycles. The van der Waals surface area contributed by atoms with Crippen LogP contribution in [0.25, 0.3) is 0 Å². The summed E-state index contributed by atoms with van der Waals surface area (Å²) in [6.07, 6.45) is 5.03. The monoisotopic (exact) mass is 534 g/mol. The Morgan fingerprint density at radius 1 is 1.46 bits per heavy atom. The van der Waals surface area contributed by atoms with Crippen LogP contribution in [0, 0.1) is 5.92 Å². The third-order valence-electron chi connectivity index (χ3n) is 5.40. The predicted molar refractivity (Wildman–Crippen MR) is 120 cm³/mol. The van der Waals surface area contributed by atoms with E-state index in [2.05, 4.69) is 55.4 Å². The number of nitrogens with zero attached hydrogens (tertiary/aromatic N) is 2. The van der Waals surface area contributed by atoms with Gasteiger partial charge in [-0.15, -0.1) is 24.0 Å². The van der Waals surface area contributed by atoms with E-state index in [9.17, 15) is 4.79 Å². The summed E-state index contributed by atoms with van der Waals surface area (Å²) in [6.45, 7) is 2.73. The van der Waals surface area contributed by atoms with Gasteiger partial charge in [-0.25, -0.2) is 0 Å². The molecule has 1 saturated carbocycles. The highest BCUT2D eigenvalue weighted by Gasteiger charge is 2.44. The van der Waals surface area contributed by atoms with E-state index in [1.165, 1.54) is 18.4 Å². The summed E-state index contributed by atoms with van der Waals surface area (Å²) >= 11 is 3.57. The number of carbonyl (C=O) groups excluding carboxylic acids is 1. The van der Waals surface area contributed by atoms with Gasteiger partial charge in [-0.3, -0.25) is 9.79 Å². The number of nitrogens with one attached hydrogen (secondary N) is 1. The van der Waals surface area contributed by atoms with E-state index in [1.807, 2.05) is 7.05 Å². The van der Waals surface area contributed by atoms with Crippen molar-refractivity contribution >= 4 is 51.8 Å². The second kappa shape index (κ2) is 9.39. The first-order chi connectivity index (χ1) is 12.0. The minimum absolute atomic E-state index is 0. The summed E-state index contributed by atoms with van der Waals surface area (Å²) in [5.74, 6) is 1.07. The number of rotatable bonds is 5. The van der Waals surface area contributed by atoms with Gasteiger partial charge in [0, 0.05) is 43.0 Å². The Hall–Kier alpha value is -0.830. The molecule has 2 fully saturated rings. The Kier molecular flexibility index (Phi) is 7.76.